The first-order valence-corrected chi connectivity index (χ1v) is 13.4. The number of fused-ring (bicyclic) bond motifs is 4. The van der Waals surface area contributed by atoms with Gasteiger partial charge in [0, 0.05) is 18.5 Å². The maximum absolute atomic E-state index is 14.1. The largest absolute Gasteiger partial charge is 0.492 e. The number of ether oxygens (including phenoxy) is 1. The van der Waals surface area contributed by atoms with Gasteiger partial charge in [0.1, 0.15) is 17.1 Å². The normalized spacial score (nSPS) is 27.4. The second kappa shape index (κ2) is 7.95. The van der Waals surface area contributed by atoms with E-state index in [1.807, 2.05) is 0 Å². The molecule has 1 saturated carbocycles. The Morgan fingerprint density at radius 1 is 1.24 bits per heavy atom. The topological polar surface area (TPSA) is 95.9 Å². The van der Waals surface area contributed by atoms with Crippen LogP contribution in [0.25, 0.3) is 0 Å². The Kier molecular flexibility index (Phi) is 5.11. The Bertz CT molecular complexity index is 1270. The van der Waals surface area contributed by atoms with E-state index < -0.39 is 21.8 Å². The van der Waals surface area contributed by atoms with Crippen molar-refractivity contribution in [1.29, 1.82) is 0 Å². The minimum absolute atomic E-state index is 0.0156. The number of rotatable bonds is 6. The Morgan fingerprint density at radius 2 is 2.09 bits per heavy atom. The van der Waals surface area contributed by atoms with Crippen molar-refractivity contribution in [2.45, 2.75) is 49.0 Å². The molecule has 0 bridgehead atoms. The highest BCUT2D eigenvalue weighted by Gasteiger charge is 2.45. The van der Waals surface area contributed by atoms with Gasteiger partial charge < -0.3 is 14.7 Å². The average molecular weight is 487 g/mol. The number of aromatic carboxylic acids is 1. The van der Waals surface area contributed by atoms with Crippen molar-refractivity contribution >= 4 is 21.7 Å². The maximum Gasteiger partial charge on any atom is 0.341 e. The summed E-state index contributed by atoms with van der Waals surface area (Å²) in [6.07, 6.45) is 4.75. The predicted octanol–water partition coefficient (Wildman–Crippen LogP) is 3.85. The van der Waals surface area contributed by atoms with Crippen LogP contribution in [0.1, 0.15) is 53.1 Å². The van der Waals surface area contributed by atoms with E-state index in [2.05, 4.69) is 9.62 Å². The molecule has 2 saturated heterocycles. The van der Waals surface area contributed by atoms with Crippen molar-refractivity contribution in [3.8, 4) is 5.75 Å². The summed E-state index contributed by atoms with van der Waals surface area (Å²) in [5, 5.41) is 9.88. The zero-order valence-corrected chi connectivity index (χ0v) is 19.5. The Balaban J connectivity index is 1.31. The van der Waals surface area contributed by atoms with Crippen LogP contribution in [0, 0.1) is 17.7 Å². The highest BCUT2D eigenvalue weighted by molar-refractivity contribution is 7.92. The highest BCUT2D eigenvalue weighted by atomic mass is 32.2. The molecule has 0 aromatic heterocycles. The van der Waals surface area contributed by atoms with Gasteiger partial charge in [-0.3, -0.25) is 4.72 Å². The van der Waals surface area contributed by atoms with Crippen LogP contribution in [0.3, 0.4) is 0 Å². The van der Waals surface area contributed by atoms with Crippen molar-refractivity contribution in [2.24, 2.45) is 11.8 Å². The number of nitrogens with zero attached hydrogens (tertiary/aromatic N) is 1. The van der Waals surface area contributed by atoms with Crippen LogP contribution < -0.4 is 9.46 Å². The van der Waals surface area contributed by atoms with Crippen LogP contribution in [0.5, 0.6) is 5.75 Å². The van der Waals surface area contributed by atoms with Crippen LogP contribution in [0.4, 0.5) is 10.1 Å². The van der Waals surface area contributed by atoms with Crippen LogP contribution in [0.15, 0.2) is 35.2 Å². The second-order valence-corrected chi connectivity index (χ2v) is 11.7. The number of carbonyl (C=O) groups is 1. The van der Waals surface area contributed by atoms with Gasteiger partial charge in [0.15, 0.2) is 0 Å². The summed E-state index contributed by atoms with van der Waals surface area (Å²) in [6.45, 7) is 2.40. The van der Waals surface area contributed by atoms with Gasteiger partial charge >= 0.3 is 5.97 Å². The lowest BCUT2D eigenvalue weighted by Gasteiger charge is -2.22. The van der Waals surface area contributed by atoms with Crippen molar-refractivity contribution in [3.63, 3.8) is 0 Å². The summed E-state index contributed by atoms with van der Waals surface area (Å²) in [4.78, 5) is 14.5. The summed E-state index contributed by atoms with van der Waals surface area (Å²) in [6, 6.07) is 7.48. The first-order chi connectivity index (χ1) is 16.3. The minimum atomic E-state index is -4.16. The molecule has 2 unspecified atom stereocenters. The maximum atomic E-state index is 14.1. The van der Waals surface area contributed by atoms with Crippen molar-refractivity contribution in [2.75, 3.05) is 24.4 Å². The van der Waals surface area contributed by atoms with E-state index in [4.69, 9.17) is 4.74 Å². The lowest BCUT2D eigenvalue weighted by atomic mass is 9.95. The molecular weight excluding hydrogens is 459 g/mol. The van der Waals surface area contributed by atoms with Crippen LogP contribution >= 0.6 is 0 Å². The van der Waals surface area contributed by atoms with E-state index in [1.54, 1.807) is 6.07 Å². The van der Waals surface area contributed by atoms with E-state index in [0.717, 1.165) is 44.0 Å². The molecule has 0 radical (unpaired) electrons. The molecule has 1 aliphatic carbocycles. The van der Waals surface area contributed by atoms with Crippen molar-refractivity contribution < 1.29 is 27.4 Å². The van der Waals surface area contributed by atoms with Gasteiger partial charge in [-0.15, -0.1) is 0 Å². The number of halogens is 1. The summed E-state index contributed by atoms with van der Waals surface area (Å²) in [7, 11) is -4.16. The van der Waals surface area contributed by atoms with E-state index in [9.17, 15) is 22.7 Å². The molecular formula is C25H27FN2O5S. The fourth-order valence-electron chi connectivity index (χ4n) is 6.17. The third-order valence-electron chi connectivity index (χ3n) is 7.83. The Hall–Kier alpha value is -2.65. The van der Waals surface area contributed by atoms with Gasteiger partial charge in [-0.25, -0.2) is 17.6 Å². The first-order valence-electron chi connectivity index (χ1n) is 11.9. The molecule has 4 atom stereocenters. The lowest BCUT2D eigenvalue weighted by molar-refractivity contribution is 0.0692. The number of hydrogen-bond donors (Lipinski definition) is 2. The molecule has 3 fully saturated rings. The monoisotopic (exact) mass is 486 g/mol. The quantitative estimate of drug-likeness (QED) is 0.644. The van der Waals surface area contributed by atoms with E-state index in [-0.39, 0.29) is 33.7 Å². The lowest BCUT2D eigenvalue weighted by Crippen LogP contribution is -2.23. The Morgan fingerprint density at radius 3 is 2.88 bits per heavy atom. The number of nitrogens with one attached hydrogen (secondary N) is 1. The molecule has 7 nitrogen and oxygen atoms in total. The third kappa shape index (κ3) is 3.75. The summed E-state index contributed by atoms with van der Waals surface area (Å²) in [5.41, 5.74) is 1.03. The molecule has 3 aliphatic heterocycles. The molecule has 9 heteroatoms. The molecule has 6 rings (SSSR count). The predicted molar refractivity (Wildman–Crippen MR) is 123 cm³/mol. The Labute approximate surface area is 198 Å². The van der Waals surface area contributed by atoms with Gasteiger partial charge in [-0.1, -0.05) is 6.07 Å². The SMILES string of the molecule is O=C(O)c1c(NS(=O)(=O)c2ccc(F)cc2CC2CC3CCCN3C2)ccc2c1OC[C@@H]1C[C@H]21. The van der Waals surface area contributed by atoms with E-state index in [0.29, 0.717) is 30.6 Å². The summed E-state index contributed by atoms with van der Waals surface area (Å²) < 4.78 is 49.2. The molecule has 0 amide bonds. The van der Waals surface area contributed by atoms with E-state index >= 15 is 0 Å². The van der Waals surface area contributed by atoms with Crippen molar-refractivity contribution in [3.05, 3.63) is 52.8 Å². The van der Waals surface area contributed by atoms with Gasteiger partial charge in [0.25, 0.3) is 10.0 Å². The molecule has 2 aromatic rings. The third-order valence-corrected chi connectivity index (χ3v) is 9.29. The molecule has 2 aromatic carbocycles. The second-order valence-electron chi connectivity index (χ2n) is 10.1. The van der Waals surface area contributed by atoms with Gasteiger partial charge in [0.05, 0.1) is 17.2 Å². The van der Waals surface area contributed by atoms with Crippen molar-refractivity contribution in [1.82, 2.24) is 4.90 Å². The number of benzene rings is 2. The molecule has 2 N–H and O–H groups in total. The molecule has 4 aliphatic rings. The van der Waals surface area contributed by atoms with Crippen LogP contribution in [0.2, 0.25) is 0 Å². The number of carboxylic acids is 1. The van der Waals surface area contributed by atoms with Gasteiger partial charge in [0.2, 0.25) is 0 Å². The number of anilines is 1. The number of sulfonamides is 1. The first kappa shape index (κ1) is 21.9. The molecule has 3 heterocycles. The highest BCUT2D eigenvalue weighted by Crippen LogP contribution is 2.55. The standard InChI is InChI=1S/C25H27FN2O5S/c26-17-3-6-22(15(10-17)8-14-9-18-2-1-7-28(18)12-14)34(31,32)27-21-5-4-19-20-11-16(20)13-33-24(19)23(21)25(29)30/h3-6,10,14,16,18,20,27H,1-2,7-9,11-13H2,(H,29,30)/t14?,16-,18?,20-/m0/s1. The average Bonchev–Trinajstić information content (AvgIpc) is 3.30. The summed E-state index contributed by atoms with van der Waals surface area (Å²) >= 11 is 0. The molecule has 0 spiro atoms. The zero-order valence-electron chi connectivity index (χ0n) is 18.7. The number of hydrogen-bond acceptors (Lipinski definition) is 5. The minimum Gasteiger partial charge on any atom is -0.492 e. The van der Waals surface area contributed by atoms with Gasteiger partial charge in [-0.05, 0) is 85.9 Å². The fourth-order valence-corrected chi connectivity index (χ4v) is 7.47. The smallest absolute Gasteiger partial charge is 0.341 e. The number of carboxylic acid groups (broad SMARTS) is 1. The van der Waals surface area contributed by atoms with Crippen LogP contribution in [-0.2, 0) is 16.4 Å². The molecule has 34 heavy (non-hydrogen) atoms. The summed E-state index contributed by atoms with van der Waals surface area (Å²) in [5.74, 6) is -0.543. The van der Waals surface area contributed by atoms with E-state index in [1.165, 1.54) is 24.6 Å². The van der Waals surface area contributed by atoms with Gasteiger partial charge in [-0.2, -0.15) is 0 Å². The van der Waals surface area contributed by atoms with Crippen LogP contribution in [-0.4, -0.2) is 50.1 Å². The zero-order chi connectivity index (χ0) is 23.6. The fraction of sp³-hybridized carbons (Fsp3) is 0.480. The molecule has 180 valence electrons.